The molecule has 70 valence electrons. The van der Waals surface area contributed by atoms with Gasteiger partial charge in [-0.1, -0.05) is 18.2 Å². The van der Waals surface area contributed by atoms with Crippen molar-refractivity contribution >= 4 is 10.8 Å². The average Bonchev–Trinajstić information content (AvgIpc) is 2.26. The fourth-order valence-electron chi connectivity index (χ4n) is 1.45. The van der Waals surface area contributed by atoms with Crippen molar-refractivity contribution in [3.63, 3.8) is 0 Å². The molecule has 0 unspecified atom stereocenters. The third-order valence-electron chi connectivity index (χ3n) is 2.15. The van der Waals surface area contributed by atoms with Crippen molar-refractivity contribution in [2.75, 3.05) is 0 Å². The van der Waals surface area contributed by atoms with Gasteiger partial charge in [-0.3, -0.25) is 0 Å². The molecule has 0 saturated carbocycles. The molecule has 0 N–H and O–H groups in total. The molecule has 2 aromatic rings. The molecular weight excluding hydrogens is 177 g/mol. The van der Waals surface area contributed by atoms with Gasteiger partial charge in [0.15, 0.2) is 18.9 Å². The van der Waals surface area contributed by atoms with Crippen molar-refractivity contribution in [3.05, 3.63) is 55.1 Å². The molecule has 1 heterocycles. The average molecular weight is 188 g/mol. The fraction of sp³-hybridized carbons (Fsp3) is 0.0833. The first-order valence-corrected chi connectivity index (χ1v) is 4.53. The van der Waals surface area contributed by atoms with Crippen LogP contribution in [0.4, 0.5) is 4.39 Å². The molecule has 0 aliphatic rings. The highest BCUT2D eigenvalue weighted by molar-refractivity contribution is 5.80. The Bertz CT molecular complexity index is 463. The quantitative estimate of drug-likeness (QED) is 0.638. The Balaban J connectivity index is 2.41. The summed E-state index contributed by atoms with van der Waals surface area (Å²) in [5.74, 6) is 0. The molecule has 1 aromatic heterocycles. The van der Waals surface area contributed by atoms with Gasteiger partial charge in [0.25, 0.3) is 0 Å². The molecule has 0 saturated heterocycles. The van der Waals surface area contributed by atoms with E-state index in [9.17, 15) is 4.39 Å². The number of halogens is 1. The van der Waals surface area contributed by atoms with Gasteiger partial charge in [-0.15, -0.1) is 0 Å². The second-order valence-electron chi connectivity index (χ2n) is 3.13. The number of nitrogens with zero attached hydrogens (tertiary/aromatic N) is 1. The summed E-state index contributed by atoms with van der Waals surface area (Å²) >= 11 is 0. The molecule has 0 aliphatic heterocycles. The third kappa shape index (κ3) is 1.79. The Morgan fingerprint density at radius 2 is 1.93 bits per heavy atom. The molecule has 0 atom stereocenters. The number of benzene rings is 1. The van der Waals surface area contributed by atoms with Crippen LogP contribution in [0, 0.1) is 0 Å². The zero-order chi connectivity index (χ0) is 9.80. The van der Waals surface area contributed by atoms with Crippen molar-refractivity contribution in [2.45, 2.75) is 6.54 Å². The van der Waals surface area contributed by atoms with E-state index in [-0.39, 0.29) is 0 Å². The van der Waals surface area contributed by atoms with Crippen LogP contribution in [-0.2, 0) is 6.54 Å². The lowest BCUT2D eigenvalue weighted by molar-refractivity contribution is -0.685. The smallest absolute Gasteiger partial charge is 0.176 e. The monoisotopic (exact) mass is 188 g/mol. The van der Waals surface area contributed by atoms with Crippen LogP contribution in [-0.4, -0.2) is 0 Å². The second-order valence-corrected chi connectivity index (χ2v) is 3.13. The van der Waals surface area contributed by atoms with E-state index in [0.717, 1.165) is 0 Å². The lowest BCUT2D eigenvalue weighted by Gasteiger charge is -1.95. The van der Waals surface area contributed by atoms with Gasteiger partial charge in [0, 0.05) is 17.5 Å². The molecule has 1 aromatic carbocycles. The number of pyridine rings is 1. The predicted octanol–water partition coefficient (Wildman–Crippen LogP) is 2.61. The van der Waals surface area contributed by atoms with Crippen LogP contribution < -0.4 is 4.57 Å². The summed E-state index contributed by atoms with van der Waals surface area (Å²) in [6.45, 7) is 0.571. The number of allylic oxidation sites excluding steroid dienone is 1. The number of hydrogen-bond donors (Lipinski definition) is 0. The van der Waals surface area contributed by atoms with Crippen LogP contribution in [0.15, 0.2) is 55.1 Å². The predicted molar refractivity (Wildman–Crippen MR) is 54.4 cm³/mol. The van der Waals surface area contributed by atoms with Gasteiger partial charge in [-0.2, -0.15) is 0 Å². The van der Waals surface area contributed by atoms with Gasteiger partial charge in [-0.05, 0) is 11.5 Å². The third-order valence-corrected chi connectivity index (χ3v) is 2.15. The minimum Gasteiger partial charge on any atom is -0.216 e. The van der Waals surface area contributed by atoms with E-state index in [4.69, 9.17) is 0 Å². The van der Waals surface area contributed by atoms with E-state index < -0.39 is 0 Å². The first kappa shape index (κ1) is 8.88. The summed E-state index contributed by atoms with van der Waals surface area (Å²) in [6, 6.07) is 10.1. The summed E-state index contributed by atoms with van der Waals surface area (Å²) in [5, 5.41) is 2.37. The van der Waals surface area contributed by atoms with E-state index in [1.807, 2.05) is 41.2 Å². The van der Waals surface area contributed by atoms with Crippen LogP contribution in [0.1, 0.15) is 0 Å². The molecular formula is C12H11FN+. The van der Waals surface area contributed by atoms with E-state index in [1.165, 1.54) is 16.8 Å². The van der Waals surface area contributed by atoms with Gasteiger partial charge >= 0.3 is 0 Å². The number of hydrogen-bond acceptors (Lipinski definition) is 0. The van der Waals surface area contributed by atoms with Gasteiger partial charge in [0.1, 0.15) is 0 Å². The van der Waals surface area contributed by atoms with Gasteiger partial charge in [-0.25, -0.2) is 8.96 Å². The Morgan fingerprint density at radius 3 is 2.71 bits per heavy atom. The maximum atomic E-state index is 11.8. The van der Waals surface area contributed by atoms with Crippen LogP contribution >= 0.6 is 0 Å². The first-order valence-electron chi connectivity index (χ1n) is 4.53. The summed E-state index contributed by atoms with van der Waals surface area (Å²) in [7, 11) is 0. The molecule has 0 radical (unpaired) electrons. The van der Waals surface area contributed by atoms with Crippen molar-refractivity contribution in [3.8, 4) is 0 Å². The molecule has 0 spiro atoms. The maximum absolute atomic E-state index is 11.8. The molecule has 1 nitrogen and oxygen atoms in total. The topological polar surface area (TPSA) is 3.88 Å². The van der Waals surface area contributed by atoms with E-state index in [1.54, 1.807) is 0 Å². The zero-order valence-electron chi connectivity index (χ0n) is 7.73. The lowest BCUT2D eigenvalue weighted by Crippen LogP contribution is -2.31. The Labute approximate surface area is 82.1 Å². The number of fused-ring (bicyclic) bond motifs is 1. The Kier molecular flexibility index (Phi) is 2.54. The Hall–Kier alpha value is -1.70. The maximum Gasteiger partial charge on any atom is 0.176 e. The Morgan fingerprint density at radius 1 is 1.14 bits per heavy atom. The molecule has 0 fully saturated rings. The molecule has 14 heavy (non-hydrogen) atoms. The van der Waals surface area contributed by atoms with Crippen LogP contribution in [0.5, 0.6) is 0 Å². The van der Waals surface area contributed by atoms with Crippen molar-refractivity contribution in [1.82, 2.24) is 0 Å². The molecule has 2 rings (SSSR count). The molecule has 2 heteroatoms. The first-order chi connectivity index (χ1) is 6.90. The second kappa shape index (κ2) is 4.01. The van der Waals surface area contributed by atoms with Gasteiger partial charge < -0.3 is 0 Å². The summed E-state index contributed by atoms with van der Waals surface area (Å²) in [5.41, 5.74) is 0. The summed E-state index contributed by atoms with van der Waals surface area (Å²) < 4.78 is 13.7. The zero-order valence-corrected chi connectivity index (χ0v) is 7.73. The summed E-state index contributed by atoms with van der Waals surface area (Å²) in [4.78, 5) is 0. The van der Waals surface area contributed by atoms with Gasteiger partial charge in [0.05, 0.1) is 6.33 Å². The van der Waals surface area contributed by atoms with Gasteiger partial charge in [0.2, 0.25) is 0 Å². The normalized spacial score (nSPS) is 11.2. The highest BCUT2D eigenvalue weighted by Gasteiger charge is 1.99. The van der Waals surface area contributed by atoms with Crippen LogP contribution in [0.25, 0.3) is 10.8 Å². The molecule has 0 bridgehead atoms. The lowest BCUT2D eigenvalue weighted by atomic mass is 10.2. The minimum atomic E-state index is 0.571. The van der Waals surface area contributed by atoms with E-state index >= 15 is 0 Å². The largest absolute Gasteiger partial charge is 0.216 e. The van der Waals surface area contributed by atoms with Crippen molar-refractivity contribution in [2.24, 2.45) is 0 Å². The van der Waals surface area contributed by atoms with Crippen molar-refractivity contribution in [1.29, 1.82) is 0 Å². The summed E-state index contributed by atoms with van der Waals surface area (Å²) in [6.07, 6.45) is 6.01. The number of aromatic nitrogens is 1. The standard InChI is InChI=1S/C12H11FN/c13-7-3-8-14-9-6-11-4-1-2-5-12(11)10-14/h1-7,9-10H,8H2/q+1. The highest BCUT2D eigenvalue weighted by Crippen LogP contribution is 2.09. The van der Waals surface area contributed by atoms with E-state index in [0.29, 0.717) is 12.9 Å². The van der Waals surface area contributed by atoms with Crippen LogP contribution in [0.3, 0.4) is 0 Å². The van der Waals surface area contributed by atoms with E-state index in [2.05, 4.69) is 6.07 Å². The fourth-order valence-corrected chi connectivity index (χ4v) is 1.45. The van der Waals surface area contributed by atoms with Crippen LogP contribution in [0.2, 0.25) is 0 Å². The molecule has 0 aliphatic carbocycles. The number of rotatable bonds is 2. The highest BCUT2D eigenvalue weighted by atomic mass is 19.1. The minimum absolute atomic E-state index is 0.571. The SMILES string of the molecule is FC=CC[n+]1ccc2ccccc2c1. The van der Waals surface area contributed by atoms with Crippen molar-refractivity contribution < 1.29 is 8.96 Å². The molecule has 0 amide bonds.